The Morgan fingerprint density at radius 2 is 2.24 bits per heavy atom. The molecule has 114 valence electrons. The van der Waals surface area contributed by atoms with Crippen LogP contribution in [0.3, 0.4) is 0 Å². The van der Waals surface area contributed by atoms with E-state index in [-0.39, 0.29) is 11.9 Å². The highest BCUT2D eigenvalue weighted by Gasteiger charge is 2.12. The molecule has 0 aliphatic rings. The molecule has 2 heterocycles. The maximum absolute atomic E-state index is 9.00. The molecule has 0 amide bonds. The van der Waals surface area contributed by atoms with Gasteiger partial charge < -0.3 is 10.4 Å². The Labute approximate surface area is 128 Å². The number of aliphatic hydroxyl groups excluding tert-OH is 1. The molecule has 2 aromatic rings. The lowest BCUT2D eigenvalue weighted by molar-refractivity contribution is 0.289. The van der Waals surface area contributed by atoms with E-state index < -0.39 is 0 Å². The number of thioether (sulfide) groups is 1. The summed E-state index contributed by atoms with van der Waals surface area (Å²) in [5.41, 5.74) is 0. The summed E-state index contributed by atoms with van der Waals surface area (Å²) in [5.74, 6) is 1.04. The highest BCUT2D eigenvalue weighted by molar-refractivity contribution is 7.99. The molecule has 2 rings (SSSR count). The normalized spacial score (nSPS) is 12.3. The third-order valence-electron chi connectivity index (χ3n) is 2.69. The fraction of sp³-hybridized carbons (Fsp3) is 0.538. The van der Waals surface area contributed by atoms with Gasteiger partial charge in [-0.05, 0) is 18.9 Å². The van der Waals surface area contributed by atoms with Crippen molar-refractivity contribution in [3.05, 3.63) is 18.5 Å². The Kier molecular flexibility index (Phi) is 5.94. The standard InChI is InChI=1S/C13H20N6OS/c1-3-6-14-11-16-12(19-8-4-7-15-19)18-13(17-11)21-10(2)5-9-20/h4,7-8,10,20H,3,5-6,9H2,1-2H3,(H,14,16,17,18). The van der Waals surface area contributed by atoms with E-state index in [1.165, 1.54) is 11.8 Å². The average molecular weight is 308 g/mol. The van der Waals surface area contributed by atoms with Gasteiger partial charge in [-0.1, -0.05) is 25.6 Å². The van der Waals surface area contributed by atoms with Crippen LogP contribution in [-0.4, -0.2) is 48.2 Å². The topological polar surface area (TPSA) is 88.8 Å². The van der Waals surface area contributed by atoms with E-state index >= 15 is 0 Å². The Morgan fingerprint density at radius 3 is 2.90 bits per heavy atom. The van der Waals surface area contributed by atoms with Crippen molar-refractivity contribution in [2.75, 3.05) is 18.5 Å². The molecule has 2 aromatic heterocycles. The number of hydrogen-bond donors (Lipinski definition) is 2. The van der Waals surface area contributed by atoms with Gasteiger partial charge in [-0.15, -0.1) is 0 Å². The van der Waals surface area contributed by atoms with Gasteiger partial charge in [0.05, 0.1) is 0 Å². The maximum atomic E-state index is 9.00. The van der Waals surface area contributed by atoms with Gasteiger partial charge in [-0.25, -0.2) is 4.68 Å². The Bertz CT molecular complexity index is 548. The molecule has 1 atom stereocenters. The van der Waals surface area contributed by atoms with Gasteiger partial charge >= 0.3 is 0 Å². The van der Waals surface area contributed by atoms with Crippen LogP contribution < -0.4 is 5.32 Å². The van der Waals surface area contributed by atoms with Crippen molar-refractivity contribution >= 4 is 17.7 Å². The molecule has 0 aliphatic carbocycles. The number of aliphatic hydroxyl groups is 1. The average Bonchev–Trinajstić information content (AvgIpc) is 2.99. The van der Waals surface area contributed by atoms with Gasteiger partial charge in [0.2, 0.25) is 5.95 Å². The lowest BCUT2D eigenvalue weighted by Gasteiger charge is -2.11. The largest absolute Gasteiger partial charge is 0.396 e. The van der Waals surface area contributed by atoms with Gasteiger partial charge in [-0.2, -0.15) is 20.1 Å². The summed E-state index contributed by atoms with van der Waals surface area (Å²) < 4.78 is 1.61. The van der Waals surface area contributed by atoms with Crippen molar-refractivity contribution in [2.45, 2.75) is 37.1 Å². The number of rotatable bonds is 8. The molecule has 0 saturated heterocycles. The molecule has 8 heteroatoms. The van der Waals surface area contributed by atoms with Gasteiger partial charge in [0, 0.05) is 30.8 Å². The van der Waals surface area contributed by atoms with E-state index in [0.717, 1.165) is 13.0 Å². The number of anilines is 1. The third kappa shape index (κ3) is 4.68. The fourth-order valence-electron chi connectivity index (χ4n) is 1.62. The summed E-state index contributed by atoms with van der Waals surface area (Å²) in [6.45, 7) is 5.09. The smallest absolute Gasteiger partial charge is 0.256 e. The van der Waals surface area contributed by atoms with Crippen LogP contribution in [0.4, 0.5) is 5.95 Å². The second-order valence-corrected chi connectivity index (χ2v) is 5.97. The molecular formula is C13H20N6OS. The number of nitrogens with zero attached hydrogens (tertiary/aromatic N) is 5. The first kappa shape index (κ1) is 15.7. The van der Waals surface area contributed by atoms with Gasteiger partial charge in [-0.3, -0.25) is 0 Å². The second-order valence-electron chi connectivity index (χ2n) is 4.56. The van der Waals surface area contributed by atoms with E-state index in [1.54, 1.807) is 17.1 Å². The SMILES string of the molecule is CCCNc1nc(SC(C)CCO)nc(-n2cccn2)n1. The molecule has 1 unspecified atom stereocenters. The predicted molar refractivity (Wildman–Crippen MR) is 82.8 cm³/mol. The molecule has 2 N–H and O–H groups in total. The minimum atomic E-state index is 0.159. The van der Waals surface area contributed by atoms with Crippen LogP contribution in [0.15, 0.2) is 23.6 Å². The quantitative estimate of drug-likeness (QED) is 0.718. The highest BCUT2D eigenvalue weighted by atomic mass is 32.2. The Hall–Kier alpha value is -1.67. The van der Waals surface area contributed by atoms with Crippen molar-refractivity contribution in [1.82, 2.24) is 24.7 Å². The molecule has 0 radical (unpaired) electrons. The first-order valence-corrected chi connectivity index (χ1v) is 7.88. The van der Waals surface area contributed by atoms with Gasteiger partial charge in [0.15, 0.2) is 5.16 Å². The van der Waals surface area contributed by atoms with Crippen molar-refractivity contribution in [2.24, 2.45) is 0 Å². The first-order valence-electron chi connectivity index (χ1n) is 7.00. The Balaban J connectivity index is 2.24. The van der Waals surface area contributed by atoms with Crippen LogP contribution in [0.5, 0.6) is 0 Å². The van der Waals surface area contributed by atoms with Crippen molar-refractivity contribution < 1.29 is 5.11 Å². The summed E-state index contributed by atoms with van der Waals surface area (Å²) in [6.07, 6.45) is 5.17. The molecule has 0 spiro atoms. The fourth-order valence-corrected chi connectivity index (χ4v) is 2.48. The molecule has 0 aromatic carbocycles. The summed E-state index contributed by atoms with van der Waals surface area (Å²) in [6, 6.07) is 1.82. The summed E-state index contributed by atoms with van der Waals surface area (Å²) in [4.78, 5) is 13.2. The van der Waals surface area contributed by atoms with Crippen molar-refractivity contribution in [1.29, 1.82) is 0 Å². The molecule has 21 heavy (non-hydrogen) atoms. The summed E-state index contributed by atoms with van der Waals surface area (Å²) in [7, 11) is 0. The lowest BCUT2D eigenvalue weighted by atomic mass is 10.4. The molecule has 0 saturated carbocycles. The minimum absolute atomic E-state index is 0.159. The molecule has 7 nitrogen and oxygen atoms in total. The lowest BCUT2D eigenvalue weighted by Crippen LogP contribution is -2.11. The molecule has 0 fully saturated rings. The van der Waals surface area contributed by atoms with Crippen LogP contribution in [0.2, 0.25) is 0 Å². The zero-order valence-electron chi connectivity index (χ0n) is 12.2. The van der Waals surface area contributed by atoms with E-state index in [1.807, 2.05) is 13.0 Å². The van der Waals surface area contributed by atoms with Crippen molar-refractivity contribution in [3.8, 4) is 5.95 Å². The molecular weight excluding hydrogens is 288 g/mol. The number of aromatic nitrogens is 5. The number of nitrogens with one attached hydrogen (secondary N) is 1. The third-order valence-corrected chi connectivity index (χ3v) is 3.72. The zero-order chi connectivity index (χ0) is 15.1. The van der Waals surface area contributed by atoms with Crippen LogP contribution in [0.1, 0.15) is 26.7 Å². The maximum Gasteiger partial charge on any atom is 0.256 e. The van der Waals surface area contributed by atoms with Crippen molar-refractivity contribution in [3.63, 3.8) is 0 Å². The highest BCUT2D eigenvalue weighted by Crippen LogP contribution is 2.22. The van der Waals surface area contributed by atoms with Gasteiger partial charge in [0.25, 0.3) is 5.95 Å². The summed E-state index contributed by atoms with van der Waals surface area (Å²) >= 11 is 1.52. The monoisotopic (exact) mass is 308 g/mol. The van der Waals surface area contributed by atoms with E-state index in [4.69, 9.17) is 5.11 Å². The Morgan fingerprint density at radius 1 is 1.38 bits per heavy atom. The zero-order valence-corrected chi connectivity index (χ0v) is 13.0. The molecule has 0 bridgehead atoms. The van der Waals surface area contributed by atoms with Crippen LogP contribution in [0, 0.1) is 0 Å². The summed E-state index contributed by atoms with van der Waals surface area (Å²) in [5, 5.41) is 17.2. The van der Waals surface area contributed by atoms with Gasteiger partial charge in [0.1, 0.15) is 0 Å². The minimum Gasteiger partial charge on any atom is -0.396 e. The van der Waals surface area contributed by atoms with E-state index in [0.29, 0.717) is 23.5 Å². The number of hydrogen-bond acceptors (Lipinski definition) is 7. The van der Waals surface area contributed by atoms with Crippen LogP contribution in [-0.2, 0) is 0 Å². The van der Waals surface area contributed by atoms with Crippen LogP contribution in [0.25, 0.3) is 5.95 Å². The van der Waals surface area contributed by atoms with E-state index in [2.05, 4.69) is 32.3 Å². The first-order chi connectivity index (χ1) is 10.2. The predicted octanol–water partition coefficient (Wildman–Crippen LogP) is 1.74. The van der Waals surface area contributed by atoms with Crippen LogP contribution >= 0.6 is 11.8 Å². The second kappa shape index (κ2) is 7.94. The van der Waals surface area contributed by atoms with E-state index in [9.17, 15) is 0 Å². The molecule has 0 aliphatic heterocycles.